The van der Waals surface area contributed by atoms with E-state index in [1.165, 1.54) is 14.2 Å². The van der Waals surface area contributed by atoms with Gasteiger partial charge in [0, 0.05) is 6.07 Å². The van der Waals surface area contributed by atoms with Gasteiger partial charge in [0.05, 0.1) is 19.8 Å². The topological polar surface area (TPSA) is 79.8 Å². The van der Waals surface area contributed by atoms with Crippen molar-refractivity contribution in [3.05, 3.63) is 71.6 Å². The monoisotopic (exact) mass is 420 g/mol. The predicted molar refractivity (Wildman–Crippen MR) is 117 cm³/mol. The molecule has 0 unspecified atom stereocenters. The SMILES string of the molecule is CC=C(C(=O)OC)c1c(OC)nc(C)nc1Oc1cccc(Oc2ccccc2C)c1. The number of rotatable bonds is 7. The van der Waals surface area contributed by atoms with Crippen molar-refractivity contribution in [2.75, 3.05) is 14.2 Å². The van der Waals surface area contributed by atoms with Gasteiger partial charge in [0.1, 0.15) is 28.6 Å². The number of hydrogen-bond acceptors (Lipinski definition) is 7. The first kappa shape index (κ1) is 21.8. The summed E-state index contributed by atoms with van der Waals surface area (Å²) in [6.45, 7) is 5.40. The van der Waals surface area contributed by atoms with Gasteiger partial charge in [-0.25, -0.2) is 4.79 Å². The number of allylic oxidation sites excluding steroid dienone is 1. The van der Waals surface area contributed by atoms with Crippen LogP contribution in [0.5, 0.6) is 29.0 Å². The van der Waals surface area contributed by atoms with Crippen LogP contribution in [0.1, 0.15) is 23.9 Å². The van der Waals surface area contributed by atoms with E-state index in [9.17, 15) is 4.79 Å². The van der Waals surface area contributed by atoms with E-state index in [4.69, 9.17) is 18.9 Å². The van der Waals surface area contributed by atoms with Gasteiger partial charge in [-0.2, -0.15) is 9.97 Å². The molecule has 7 heteroatoms. The zero-order chi connectivity index (χ0) is 22.4. The van der Waals surface area contributed by atoms with Crippen molar-refractivity contribution in [2.45, 2.75) is 20.8 Å². The van der Waals surface area contributed by atoms with Crippen molar-refractivity contribution in [2.24, 2.45) is 0 Å². The van der Waals surface area contributed by atoms with E-state index in [-0.39, 0.29) is 17.3 Å². The second kappa shape index (κ2) is 9.75. The molecular weight excluding hydrogens is 396 g/mol. The number of nitrogens with zero attached hydrogens (tertiary/aromatic N) is 2. The molecule has 0 bridgehead atoms. The molecule has 3 rings (SSSR count). The van der Waals surface area contributed by atoms with Gasteiger partial charge in [0.15, 0.2) is 0 Å². The lowest BCUT2D eigenvalue weighted by molar-refractivity contribution is -0.133. The summed E-state index contributed by atoms with van der Waals surface area (Å²) in [5.41, 5.74) is 1.57. The maximum absolute atomic E-state index is 12.3. The summed E-state index contributed by atoms with van der Waals surface area (Å²) in [7, 11) is 2.77. The fraction of sp³-hybridized carbons (Fsp3) is 0.208. The van der Waals surface area contributed by atoms with Crippen molar-refractivity contribution in [1.29, 1.82) is 0 Å². The van der Waals surface area contributed by atoms with Crippen molar-refractivity contribution in [3.8, 4) is 29.0 Å². The Labute approximate surface area is 181 Å². The van der Waals surface area contributed by atoms with Crippen molar-refractivity contribution in [1.82, 2.24) is 9.97 Å². The largest absolute Gasteiger partial charge is 0.480 e. The molecule has 0 radical (unpaired) electrons. The van der Waals surface area contributed by atoms with E-state index < -0.39 is 5.97 Å². The summed E-state index contributed by atoms with van der Waals surface area (Å²) in [5, 5.41) is 0. The fourth-order valence-electron chi connectivity index (χ4n) is 2.96. The highest BCUT2D eigenvalue weighted by Gasteiger charge is 2.25. The van der Waals surface area contributed by atoms with Crippen LogP contribution in [0, 0.1) is 13.8 Å². The molecule has 0 aliphatic carbocycles. The summed E-state index contributed by atoms with van der Waals surface area (Å²) in [6, 6.07) is 14.9. The minimum absolute atomic E-state index is 0.177. The van der Waals surface area contributed by atoms with E-state index >= 15 is 0 Å². The van der Waals surface area contributed by atoms with Gasteiger partial charge in [-0.05, 0) is 44.5 Å². The lowest BCUT2D eigenvalue weighted by Gasteiger charge is -2.15. The number of carbonyl (C=O) groups excluding carboxylic acids is 1. The Morgan fingerprint density at radius 1 is 0.903 bits per heavy atom. The minimum atomic E-state index is -0.547. The number of methoxy groups -OCH3 is 2. The molecule has 0 aliphatic rings. The van der Waals surface area contributed by atoms with Crippen LogP contribution in [0.4, 0.5) is 0 Å². The maximum atomic E-state index is 12.3. The Kier molecular flexibility index (Phi) is 6.87. The van der Waals surface area contributed by atoms with Gasteiger partial charge in [-0.15, -0.1) is 0 Å². The zero-order valence-corrected chi connectivity index (χ0v) is 18.1. The van der Waals surface area contributed by atoms with E-state index in [0.717, 1.165) is 11.3 Å². The van der Waals surface area contributed by atoms with Crippen LogP contribution in [0.15, 0.2) is 54.6 Å². The third-order valence-electron chi connectivity index (χ3n) is 4.45. The molecule has 7 nitrogen and oxygen atoms in total. The molecule has 0 N–H and O–H groups in total. The lowest BCUT2D eigenvalue weighted by atomic mass is 10.1. The van der Waals surface area contributed by atoms with Crippen molar-refractivity contribution >= 4 is 11.5 Å². The second-order valence-corrected chi connectivity index (χ2v) is 6.60. The number of carbonyl (C=O) groups is 1. The lowest BCUT2D eigenvalue weighted by Crippen LogP contribution is -2.09. The molecule has 1 aromatic heterocycles. The average Bonchev–Trinajstić information content (AvgIpc) is 2.77. The second-order valence-electron chi connectivity index (χ2n) is 6.60. The van der Waals surface area contributed by atoms with Crippen LogP contribution >= 0.6 is 0 Å². The highest BCUT2D eigenvalue weighted by atomic mass is 16.5. The first-order valence-electron chi connectivity index (χ1n) is 9.65. The molecule has 0 fully saturated rings. The number of esters is 1. The molecular formula is C24H24N2O5. The standard InChI is InChI=1S/C24H24N2O5/c1-6-19(24(27)29-5)21-22(28-4)25-16(3)26-23(21)31-18-12-9-11-17(14-18)30-20-13-8-7-10-15(20)2/h6-14H,1-5H3. The van der Waals surface area contributed by atoms with Crippen LogP contribution in [0.3, 0.4) is 0 Å². The van der Waals surface area contributed by atoms with Gasteiger partial charge in [-0.3, -0.25) is 0 Å². The summed E-state index contributed by atoms with van der Waals surface area (Å²) in [5.74, 6) is 2.11. The molecule has 0 saturated carbocycles. The average molecular weight is 420 g/mol. The van der Waals surface area contributed by atoms with Crippen LogP contribution in [-0.4, -0.2) is 30.2 Å². The number of para-hydroxylation sites is 1. The van der Waals surface area contributed by atoms with Crippen LogP contribution in [0.25, 0.3) is 5.57 Å². The van der Waals surface area contributed by atoms with Gasteiger partial charge in [0.25, 0.3) is 0 Å². The first-order valence-corrected chi connectivity index (χ1v) is 9.65. The third-order valence-corrected chi connectivity index (χ3v) is 4.45. The molecule has 3 aromatic rings. The Balaban J connectivity index is 2.00. The Hall–Kier alpha value is -3.87. The molecule has 160 valence electrons. The minimum Gasteiger partial charge on any atom is -0.480 e. The summed E-state index contributed by atoms with van der Waals surface area (Å²) in [4.78, 5) is 21.0. The van der Waals surface area contributed by atoms with Gasteiger partial charge >= 0.3 is 5.97 Å². The van der Waals surface area contributed by atoms with Crippen LogP contribution in [0.2, 0.25) is 0 Å². The molecule has 0 amide bonds. The number of aromatic nitrogens is 2. The van der Waals surface area contributed by atoms with E-state index in [1.807, 2.05) is 43.3 Å². The van der Waals surface area contributed by atoms with Crippen molar-refractivity contribution < 1.29 is 23.7 Å². The van der Waals surface area contributed by atoms with Gasteiger partial charge in [0.2, 0.25) is 11.8 Å². The molecule has 0 spiro atoms. The van der Waals surface area contributed by atoms with E-state index in [1.54, 1.807) is 32.1 Å². The molecule has 0 aliphatic heterocycles. The number of benzene rings is 2. The fourth-order valence-corrected chi connectivity index (χ4v) is 2.96. The Bertz CT molecular complexity index is 1120. The Morgan fingerprint density at radius 2 is 1.58 bits per heavy atom. The number of ether oxygens (including phenoxy) is 4. The smallest absolute Gasteiger partial charge is 0.338 e. The van der Waals surface area contributed by atoms with E-state index in [0.29, 0.717) is 22.9 Å². The molecule has 1 heterocycles. The third kappa shape index (κ3) is 5.01. The van der Waals surface area contributed by atoms with Crippen LogP contribution < -0.4 is 14.2 Å². The number of aryl methyl sites for hydroxylation is 2. The van der Waals surface area contributed by atoms with Gasteiger partial charge in [-0.1, -0.05) is 30.3 Å². The highest BCUT2D eigenvalue weighted by molar-refractivity contribution is 6.17. The zero-order valence-electron chi connectivity index (χ0n) is 18.1. The number of hydrogen-bond donors (Lipinski definition) is 0. The molecule has 31 heavy (non-hydrogen) atoms. The van der Waals surface area contributed by atoms with Crippen LogP contribution in [-0.2, 0) is 9.53 Å². The van der Waals surface area contributed by atoms with Crippen molar-refractivity contribution in [3.63, 3.8) is 0 Å². The quantitative estimate of drug-likeness (QED) is 0.381. The predicted octanol–water partition coefficient (Wildman–Crippen LogP) is 5.26. The van der Waals surface area contributed by atoms with Gasteiger partial charge < -0.3 is 18.9 Å². The molecule has 2 aromatic carbocycles. The van der Waals surface area contributed by atoms with E-state index in [2.05, 4.69) is 9.97 Å². The Morgan fingerprint density at radius 3 is 2.23 bits per heavy atom. The first-order chi connectivity index (χ1) is 15.0. The summed E-state index contributed by atoms with van der Waals surface area (Å²) >= 11 is 0. The molecule has 0 atom stereocenters. The summed E-state index contributed by atoms with van der Waals surface area (Å²) in [6.07, 6.45) is 1.60. The summed E-state index contributed by atoms with van der Waals surface area (Å²) < 4.78 is 22.3. The maximum Gasteiger partial charge on any atom is 0.338 e. The highest BCUT2D eigenvalue weighted by Crippen LogP contribution is 2.36. The normalized spacial score (nSPS) is 11.1. The molecule has 0 saturated heterocycles.